The maximum Gasteiger partial charge on any atom is 0.306 e. The Bertz CT molecular complexity index is 2510. The summed E-state index contributed by atoms with van der Waals surface area (Å²) in [6.07, 6.45) is 73.7. The van der Waals surface area contributed by atoms with Gasteiger partial charge in [0.05, 0.1) is 11.2 Å². The van der Waals surface area contributed by atoms with E-state index in [1.807, 2.05) is 82.4 Å². The van der Waals surface area contributed by atoms with Crippen molar-refractivity contribution in [3.05, 3.63) is 173 Å². The number of ketones is 1. The second kappa shape index (κ2) is 40.2. The Morgan fingerprint density at radius 1 is 0.529 bits per heavy atom. The van der Waals surface area contributed by atoms with Crippen molar-refractivity contribution < 1.29 is 33.7 Å². The first-order valence-corrected chi connectivity index (χ1v) is 33.0. The maximum atomic E-state index is 13.6. The Balaban J connectivity index is 1.36. The minimum absolute atomic E-state index is 0.0618. The molecule has 1 N–H and O–H groups in total. The van der Waals surface area contributed by atoms with E-state index in [-0.39, 0.29) is 40.8 Å². The zero-order chi connectivity index (χ0) is 62.5. The van der Waals surface area contributed by atoms with Gasteiger partial charge in [-0.1, -0.05) is 263 Å². The number of rotatable bonds is 40. The summed E-state index contributed by atoms with van der Waals surface area (Å²) in [4.78, 5) is 39.4. The van der Waals surface area contributed by atoms with Gasteiger partial charge < -0.3 is 19.3 Å². The summed E-state index contributed by atoms with van der Waals surface area (Å²) >= 11 is 0. The third kappa shape index (κ3) is 29.3. The lowest BCUT2D eigenvalue weighted by Crippen LogP contribution is -2.49. The number of hydrogen-bond donors (Lipinski definition) is 1. The van der Waals surface area contributed by atoms with Crippen molar-refractivity contribution in [2.75, 3.05) is 0 Å². The van der Waals surface area contributed by atoms with Crippen LogP contribution in [-0.4, -0.2) is 51.8 Å². The number of fused-ring (bicyclic) bond motifs is 1. The highest BCUT2D eigenvalue weighted by Gasteiger charge is 2.76. The molecule has 0 amide bonds. The van der Waals surface area contributed by atoms with Gasteiger partial charge in [-0.05, 0) is 128 Å². The van der Waals surface area contributed by atoms with E-state index in [2.05, 4.69) is 146 Å². The van der Waals surface area contributed by atoms with Crippen LogP contribution in [0.2, 0.25) is 0 Å². The molecule has 85 heavy (non-hydrogen) atoms. The van der Waals surface area contributed by atoms with Gasteiger partial charge in [-0.25, -0.2) is 0 Å². The predicted octanol–water partition coefficient (Wildman–Crippen LogP) is 21.2. The summed E-state index contributed by atoms with van der Waals surface area (Å²) in [6.45, 7) is 24.7. The molecule has 0 aromatic rings. The van der Waals surface area contributed by atoms with Gasteiger partial charge in [0.2, 0.25) is 0 Å². The molecule has 0 aromatic carbocycles. The second-order valence-corrected chi connectivity index (χ2v) is 26.1. The zero-order valence-electron chi connectivity index (χ0n) is 55.4. The molecular weight excluding hydrogens is 1050 g/mol. The summed E-state index contributed by atoms with van der Waals surface area (Å²) in [5.74, 6) is -0.281. The molecule has 0 unspecified atom stereocenters. The number of esters is 2. The molecule has 7 nitrogen and oxygen atoms in total. The highest BCUT2D eigenvalue weighted by molar-refractivity contribution is 5.96. The van der Waals surface area contributed by atoms with Gasteiger partial charge in [0.15, 0.2) is 5.78 Å². The summed E-state index contributed by atoms with van der Waals surface area (Å²) < 4.78 is 18.4. The van der Waals surface area contributed by atoms with Crippen LogP contribution >= 0.6 is 0 Å². The number of Topliss-reactive ketones (excluding diaryl/α,β-unsaturated/α-hetero) is 1. The van der Waals surface area contributed by atoms with Crippen molar-refractivity contribution >= 4 is 17.7 Å². The van der Waals surface area contributed by atoms with E-state index in [0.717, 1.165) is 73.7 Å². The summed E-state index contributed by atoms with van der Waals surface area (Å²) in [6, 6.07) is 0. The van der Waals surface area contributed by atoms with Crippen LogP contribution in [0.25, 0.3) is 0 Å². The number of hydrogen-bond acceptors (Lipinski definition) is 7. The highest BCUT2D eigenvalue weighted by Crippen LogP contribution is 2.67. The van der Waals surface area contributed by atoms with Crippen LogP contribution in [0.3, 0.4) is 0 Å². The molecular formula is C78H116O7. The minimum Gasteiger partial charge on any atom is -0.462 e. The van der Waals surface area contributed by atoms with Crippen LogP contribution in [-0.2, 0) is 28.6 Å². The molecule has 3 aliphatic rings. The normalized spacial score (nSPS) is 24.0. The zero-order valence-corrected chi connectivity index (χ0v) is 55.4. The second-order valence-electron chi connectivity index (χ2n) is 26.1. The number of ether oxygens (including phenoxy) is 3. The molecule has 2 aliphatic carbocycles. The summed E-state index contributed by atoms with van der Waals surface area (Å²) in [5.41, 5.74) is 5.11. The molecule has 1 aliphatic heterocycles. The van der Waals surface area contributed by atoms with E-state index in [1.54, 1.807) is 0 Å². The predicted molar refractivity (Wildman–Crippen MR) is 360 cm³/mol. The van der Waals surface area contributed by atoms with Crippen molar-refractivity contribution in [2.24, 2.45) is 10.8 Å². The van der Waals surface area contributed by atoms with Crippen molar-refractivity contribution in [1.29, 1.82) is 0 Å². The Labute approximate surface area is 518 Å². The minimum atomic E-state index is -1.13. The summed E-state index contributed by atoms with van der Waals surface area (Å²) in [5, 5.41) is 11.6. The van der Waals surface area contributed by atoms with E-state index >= 15 is 0 Å². The largest absolute Gasteiger partial charge is 0.462 e. The molecule has 0 bridgehead atoms. The molecule has 5 atom stereocenters. The lowest BCUT2D eigenvalue weighted by molar-refractivity contribution is -0.156. The first kappa shape index (κ1) is 73.9. The van der Waals surface area contributed by atoms with Gasteiger partial charge >= 0.3 is 11.9 Å². The number of aliphatic hydroxyl groups is 1. The monoisotopic (exact) mass is 1160 g/mol. The van der Waals surface area contributed by atoms with E-state index in [1.165, 1.54) is 70.6 Å². The fraction of sp³-hybridized carbons (Fsp3) is 0.590. The topological polar surface area (TPSA) is 102 Å². The molecule has 1 heterocycles. The molecule has 3 rings (SSSR count). The molecule has 3 fully saturated rings. The smallest absolute Gasteiger partial charge is 0.306 e. The van der Waals surface area contributed by atoms with Gasteiger partial charge in [0.25, 0.3) is 0 Å². The fourth-order valence-electron chi connectivity index (χ4n) is 12.2. The van der Waals surface area contributed by atoms with E-state index in [0.29, 0.717) is 56.9 Å². The van der Waals surface area contributed by atoms with Crippen molar-refractivity contribution in [2.45, 2.75) is 285 Å². The van der Waals surface area contributed by atoms with Gasteiger partial charge in [0.1, 0.15) is 17.8 Å². The molecule has 0 spiro atoms. The molecule has 0 radical (unpaired) electrons. The molecule has 7 heteroatoms. The Kier molecular flexibility index (Phi) is 35.0. The average molecular weight is 1170 g/mol. The van der Waals surface area contributed by atoms with Crippen LogP contribution in [0.15, 0.2) is 173 Å². The molecule has 470 valence electrons. The van der Waals surface area contributed by atoms with E-state index in [9.17, 15) is 19.5 Å². The molecule has 1 saturated heterocycles. The quantitative estimate of drug-likeness (QED) is 0.0124. The van der Waals surface area contributed by atoms with Crippen molar-refractivity contribution in [3.8, 4) is 0 Å². The Morgan fingerprint density at radius 2 is 0.976 bits per heavy atom. The van der Waals surface area contributed by atoms with Crippen LogP contribution in [0.1, 0.15) is 256 Å². The highest BCUT2D eigenvalue weighted by atomic mass is 16.6. The number of unbranched alkanes of at least 4 members (excludes halogenated alkanes) is 12. The third-order valence-corrected chi connectivity index (χ3v) is 17.0. The first-order chi connectivity index (χ1) is 40.6. The standard InChI is InChI=1S/C78H116O7/c1-13-15-17-19-21-23-25-27-28-29-30-31-32-34-36-38-40-42-44-56-73(81)84-69-60-75(9,10)78(77(12,62-69)85-78)63-70(79)67(6)54-48-53-65(4)50-46-45-49-64(3)51-47-52-66(5)57-58-71-74(7,8)59-68(61-76(71,11)82)83-72(80)55-43-41-39-37-35-33-26-24-22-20-18-16-14-2/h15,17,21,23,27-28,30-31,34,36,40,42,45-54,57,68-69,82H,13-14,16,18-20,22,24-26,29,32-33,35,37-39,41,43-44,55-56,59-63H2,1-12H3/b17-15-,23-21-,28-27-,31-30-,36-34-,42-40-,46-45+,51-47+,53-48+,64-49+,65-50+,66-52+,67-54+/t58?,68-,69-,76+,77+,78-/m0/s1. The Morgan fingerprint density at radius 3 is 1.47 bits per heavy atom. The SMILES string of the molecule is CC/C=C\C/C=C\C/C=C\C/C=C\C/C=C\C/C=C\CCC(=O)O[C@H]1CC(C)(C)[C@]2(CC(=O)/C(C)=C/C=C/C(C)=C/C=C/C=C(C)/C=C/C=C(\C)C=C=C3C(C)(C)C[C@H](OC(=O)CCCCCCCCCCCCCCC)C[C@@]3(C)O)O[C@]2(C)C1. The molecule has 2 saturated carbocycles. The lowest BCUT2D eigenvalue weighted by atomic mass is 9.61. The van der Waals surface area contributed by atoms with Crippen LogP contribution in [0.4, 0.5) is 0 Å². The van der Waals surface area contributed by atoms with Crippen molar-refractivity contribution in [1.82, 2.24) is 0 Å². The fourth-order valence-corrected chi connectivity index (χ4v) is 12.2. The van der Waals surface area contributed by atoms with Crippen molar-refractivity contribution in [3.63, 3.8) is 0 Å². The summed E-state index contributed by atoms with van der Waals surface area (Å²) in [7, 11) is 0. The van der Waals surface area contributed by atoms with Gasteiger partial charge in [-0.2, -0.15) is 0 Å². The average Bonchev–Trinajstić information content (AvgIpc) is 1.56. The van der Waals surface area contributed by atoms with Crippen LogP contribution in [0.5, 0.6) is 0 Å². The number of allylic oxidation sites excluding steroid dienone is 26. The Hall–Kier alpha value is -5.33. The van der Waals surface area contributed by atoms with Gasteiger partial charge in [-0.15, -0.1) is 5.73 Å². The first-order valence-electron chi connectivity index (χ1n) is 33.0. The number of epoxide rings is 1. The number of carbonyl (C=O) groups excluding carboxylic acids is 3. The third-order valence-electron chi connectivity index (χ3n) is 17.0. The van der Waals surface area contributed by atoms with Gasteiger partial charge in [-0.3, -0.25) is 14.4 Å². The lowest BCUT2D eigenvalue weighted by Gasteiger charge is -2.44. The van der Waals surface area contributed by atoms with Crippen LogP contribution < -0.4 is 0 Å². The van der Waals surface area contributed by atoms with Crippen LogP contribution in [0, 0.1) is 10.8 Å². The van der Waals surface area contributed by atoms with E-state index < -0.39 is 16.8 Å². The maximum absolute atomic E-state index is 13.6. The van der Waals surface area contributed by atoms with Gasteiger partial charge in [0, 0.05) is 43.1 Å². The number of carbonyl (C=O) groups is 3. The molecule has 0 aromatic heterocycles. The van der Waals surface area contributed by atoms with E-state index in [4.69, 9.17) is 14.2 Å².